The molecule has 8 atom stereocenters. The van der Waals surface area contributed by atoms with E-state index in [0.29, 0.717) is 29.6 Å². The molecule has 0 radical (unpaired) electrons. The van der Waals surface area contributed by atoms with Crippen LogP contribution in [0.25, 0.3) is 0 Å². The summed E-state index contributed by atoms with van der Waals surface area (Å²) in [6.45, 7) is 7.59. The molecule has 0 aromatic carbocycles. The largest absolute Gasteiger partial charge is 0.390 e. The van der Waals surface area contributed by atoms with Crippen molar-refractivity contribution in [3.8, 4) is 0 Å². The normalized spacial score (nSPS) is 50.5. The van der Waals surface area contributed by atoms with Gasteiger partial charge < -0.3 is 5.11 Å². The second-order valence-electron chi connectivity index (χ2n) is 11.7. The standard InChI is InChI=1S/C24H40N4O2/c1-4-24(30)12-8-17-16(13-24)7-10-22(2)18(17)9-11-23(3)19(5-6-21(22)23)20(29)14-28-26-15-25-27-28/h15-19,21,27,30H,4-14H2,1-3H3,(H,25,26)/p+1. The molecule has 5 rings (SSSR count). The highest BCUT2D eigenvalue weighted by Gasteiger charge is 2.63. The van der Waals surface area contributed by atoms with Crippen LogP contribution in [0.5, 0.6) is 0 Å². The molecule has 0 saturated heterocycles. The Morgan fingerprint density at radius 3 is 2.70 bits per heavy atom. The Kier molecular flexibility index (Phi) is 5.07. The lowest BCUT2D eigenvalue weighted by Crippen LogP contribution is -2.88. The first-order chi connectivity index (χ1) is 14.3. The summed E-state index contributed by atoms with van der Waals surface area (Å²) < 4.78 is 0. The summed E-state index contributed by atoms with van der Waals surface area (Å²) in [5.74, 6) is 3.52. The van der Waals surface area contributed by atoms with Gasteiger partial charge in [0.2, 0.25) is 0 Å². The third kappa shape index (κ3) is 3.08. The number of carbonyl (C=O) groups excluding carboxylic acids is 1. The number of fused-ring (bicyclic) bond motifs is 5. The van der Waals surface area contributed by atoms with Gasteiger partial charge in [-0.1, -0.05) is 25.9 Å². The molecule has 4 fully saturated rings. The molecule has 0 aromatic rings. The van der Waals surface area contributed by atoms with E-state index >= 15 is 0 Å². The van der Waals surface area contributed by atoms with Crippen molar-refractivity contribution in [3.63, 3.8) is 0 Å². The van der Waals surface area contributed by atoms with Crippen molar-refractivity contribution in [1.29, 1.82) is 0 Å². The quantitative estimate of drug-likeness (QED) is 0.614. The van der Waals surface area contributed by atoms with Crippen LogP contribution in [0.3, 0.4) is 0 Å². The molecule has 0 spiro atoms. The number of hydrogen-bond donors (Lipinski definition) is 3. The lowest BCUT2D eigenvalue weighted by atomic mass is 9.43. The average molecular weight is 418 g/mol. The number of nitrogens with zero attached hydrogens (tertiary/aromatic N) is 2. The molecule has 0 aromatic heterocycles. The molecule has 8 unspecified atom stereocenters. The number of hydrazine groups is 1. The Balaban J connectivity index is 1.33. The van der Waals surface area contributed by atoms with Crippen molar-refractivity contribution >= 4 is 12.1 Å². The number of Topliss-reactive ketones (excluding diaryl/α,β-unsaturated/α-hetero) is 1. The summed E-state index contributed by atoms with van der Waals surface area (Å²) in [6, 6.07) is 0. The average Bonchev–Trinajstić information content (AvgIpc) is 3.35. The minimum absolute atomic E-state index is 0.147. The van der Waals surface area contributed by atoms with E-state index in [4.69, 9.17) is 0 Å². The number of aliphatic hydroxyl groups is 1. The first-order valence-corrected chi connectivity index (χ1v) is 12.4. The second kappa shape index (κ2) is 7.28. The Morgan fingerprint density at radius 2 is 1.97 bits per heavy atom. The fraction of sp³-hybridized carbons (Fsp3) is 0.917. The Bertz CT molecular complexity index is 720. The van der Waals surface area contributed by atoms with Crippen molar-refractivity contribution in [3.05, 3.63) is 0 Å². The molecule has 5 aliphatic rings. The number of carbonyl (C=O) groups is 1. The summed E-state index contributed by atoms with van der Waals surface area (Å²) in [6.07, 6.45) is 13.1. The summed E-state index contributed by atoms with van der Waals surface area (Å²) in [7, 11) is 0. The summed E-state index contributed by atoms with van der Waals surface area (Å²) in [5, 5.41) is 16.8. The summed E-state index contributed by atoms with van der Waals surface area (Å²) in [5.41, 5.74) is 4.86. The SMILES string of the molecule is CCC1(O)CCC2C(CCC3(C)C2CCC2(C)C(C(=O)CN4NC=N[NH2+]4)CCC23)C1. The Labute approximate surface area is 181 Å². The molecule has 4 N–H and O–H groups in total. The fourth-order valence-electron chi connectivity index (χ4n) is 9.01. The van der Waals surface area contributed by atoms with E-state index in [1.54, 1.807) is 11.9 Å². The predicted octanol–water partition coefficient (Wildman–Crippen LogP) is 2.60. The van der Waals surface area contributed by atoms with Gasteiger partial charge in [-0.3, -0.25) is 10.2 Å². The van der Waals surface area contributed by atoms with E-state index in [2.05, 4.69) is 31.3 Å². The van der Waals surface area contributed by atoms with Gasteiger partial charge in [0.1, 0.15) is 6.54 Å². The summed E-state index contributed by atoms with van der Waals surface area (Å²) in [4.78, 5) is 13.3. The molecule has 0 bridgehead atoms. The third-order valence-corrected chi connectivity index (χ3v) is 10.6. The first-order valence-electron chi connectivity index (χ1n) is 12.4. The van der Waals surface area contributed by atoms with E-state index in [0.717, 1.165) is 37.5 Å². The van der Waals surface area contributed by atoms with Crippen LogP contribution >= 0.6 is 0 Å². The van der Waals surface area contributed by atoms with E-state index in [1.165, 1.54) is 38.5 Å². The zero-order chi connectivity index (χ0) is 21.1. The van der Waals surface area contributed by atoms with Crippen LogP contribution in [0.2, 0.25) is 0 Å². The minimum Gasteiger partial charge on any atom is -0.390 e. The van der Waals surface area contributed by atoms with Crippen LogP contribution in [0.4, 0.5) is 0 Å². The number of ketones is 1. The van der Waals surface area contributed by atoms with Gasteiger partial charge in [0.05, 0.1) is 5.60 Å². The lowest BCUT2D eigenvalue weighted by molar-refractivity contribution is -0.806. The molecule has 1 heterocycles. The molecular formula is C24H41N4O2+. The maximum Gasteiger partial charge on any atom is 0.165 e. The molecule has 6 nitrogen and oxygen atoms in total. The third-order valence-electron chi connectivity index (χ3n) is 10.6. The van der Waals surface area contributed by atoms with E-state index in [1.807, 2.05) is 5.12 Å². The zero-order valence-corrected chi connectivity index (χ0v) is 19.1. The number of hydrogen-bond acceptors (Lipinski definition) is 5. The van der Waals surface area contributed by atoms with Gasteiger partial charge in [-0.05, 0) is 104 Å². The number of rotatable bonds is 4. The Hall–Kier alpha value is -0.980. The zero-order valence-electron chi connectivity index (χ0n) is 19.1. The second-order valence-corrected chi connectivity index (χ2v) is 11.7. The molecular weight excluding hydrogens is 376 g/mol. The maximum absolute atomic E-state index is 13.3. The van der Waals surface area contributed by atoms with Crippen LogP contribution in [0, 0.1) is 40.4 Å². The maximum atomic E-state index is 13.3. The minimum atomic E-state index is -0.409. The van der Waals surface area contributed by atoms with Crippen molar-refractivity contribution in [1.82, 2.24) is 10.5 Å². The van der Waals surface area contributed by atoms with Gasteiger partial charge in [-0.2, -0.15) is 0 Å². The van der Waals surface area contributed by atoms with Crippen LogP contribution in [-0.4, -0.2) is 34.5 Å². The van der Waals surface area contributed by atoms with Crippen molar-refractivity contribution < 1.29 is 15.4 Å². The molecule has 4 saturated carbocycles. The smallest absolute Gasteiger partial charge is 0.165 e. The van der Waals surface area contributed by atoms with Gasteiger partial charge in [0, 0.05) is 5.92 Å². The predicted molar refractivity (Wildman–Crippen MR) is 116 cm³/mol. The van der Waals surface area contributed by atoms with Crippen LogP contribution in [-0.2, 0) is 4.79 Å². The van der Waals surface area contributed by atoms with Gasteiger partial charge >= 0.3 is 0 Å². The highest BCUT2D eigenvalue weighted by molar-refractivity contribution is 5.84. The van der Waals surface area contributed by atoms with Crippen LogP contribution in [0.15, 0.2) is 5.10 Å². The fourth-order valence-corrected chi connectivity index (χ4v) is 9.01. The van der Waals surface area contributed by atoms with Crippen LogP contribution in [0.1, 0.15) is 85.0 Å². The van der Waals surface area contributed by atoms with Crippen LogP contribution < -0.4 is 11.0 Å². The van der Waals surface area contributed by atoms with E-state index in [9.17, 15) is 9.90 Å². The number of quaternary nitrogens is 1. The van der Waals surface area contributed by atoms with Gasteiger partial charge in [-0.15, -0.1) is 5.53 Å². The molecule has 4 aliphatic carbocycles. The highest BCUT2D eigenvalue weighted by Crippen LogP contribution is 2.69. The van der Waals surface area contributed by atoms with Crippen molar-refractivity contribution in [2.45, 2.75) is 90.6 Å². The monoisotopic (exact) mass is 417 g/mol. The van der Waals surface area contributed by atoms with Gasteiger partial charge in [0.15, 0.2) is 12.1 Å². The Morgan fingerprint density at radius 1 is 1.17 bits per heavy atom. The van der Waals surface area contributed by atoms with Gasteiger partial charge in [-0.25, -0.2) is 0 Å². The topological polar surface area (TPSA) is 81.5 Å². The number of nitrogens with two attached hydrogens (primary N) is 1. The molecule has 0 amide bonds. The molecule has 1 aliphatic heterocycles. The molecule has 168 valence electrons. The summed E-state index contributed by atoms with van der Waals surface area (Å²) >= 11 is 0. The molecule has 30 heavy (non-hydrogen) atoms. The highest BCUT2D eigenvalue weighted by atomic mass is 16.3. The lowest BCUT2D eigenvalue weighted by Gasteiger charge is -2.62. The number of nitrogens with one attached hydrogen (secondary N) is 1. The van der Waals surface area contributed by atoms with Crippen molar-refractivity contribution in [2.24, 2.45) is 45.5 Å². The van der Waals surface area contributed by atoms with Crippen molar-refractivity contribution in [2.75, 3.05) is 6.54 Å². The van der Waals surface area contributed by atoms with Gasteiger partial charge in [0.25, 0.3) is 0 Å². The first kappa shape index (κ1) is 20.9. The molecule has 6 heteroatoms. The van der Waals surface area contributed by atoms with E-state index in [-0.39, 0.29) is 11.3 Å². The van der Waals surface area contributed by atoms with E-state index < -0.39 is 5.60 Å².